The highest BCUT2D eigenvalue weighted by atomic mass is 35.5. The zero-order valence-electron chi connectivity index (χ0n) is 17.3. The Labute approximate surface area is 189 Å². The number of rotatable bonds is 5. The number of halogens is 2. The van der Waals surface area contributed by atoms with E-state index in [2.05, 4.69) is 6.07 Å². The second-order valence-corrected chi connectivity index (χ2v) is 7.90. The molecule has 2 N–H and O–H groups in total. The van der Waals surface area contributed by atoms with Crippen molar-refractivity contribution in [2.24, 2.45) is 5.73 Å². The number of methoxy groups -OCH3 is 1. The van der Waals surface area contributed by atoms with Crippen LogP contribution in [-0.4, -0.2) is 12.9 Å². The predicted octanol–water partition coefficient (Wildman–Crippen LogP) is 4.88. The van der Waals surface area contributed by atoms with Crippen LogP contribution in [0.3, 0.4) is 0 Å². The van der Waals surface area contributed by atoms with Crippen LogP contribution in [0.25, 0.3) is 0 Å². The molecule has 0 unspecified atom stereocenters. The van der Waals surface area contributed by atoms with Crippen LogP contribution in [-0.2, 0) is 16.1 Å². The lowest BCUT2D eigenvalue weighted by Crippen LogP contribution is -2.27. The van der Waals surface area contributed by atoms with Crippen LogP contribution in [0.5, 0.6) is 11.5 Å². The Morgan fingerprint density at radius 2 is 2.12 bits per heavy atom. The molecular formula is C24H20ClFN2O4. The Balaban J connectivity index is 1.74. The van der Waals surface area contributed by atoms with E-state index in [1.807, 2.05) is 0 Å². The lowest BCUT2D eigenvalue weighted by Gasteiger charge is -2.31. The maximum Gasteiger partial charge on any atom is 0.205 e. The topological polar surface area (TPSA) is 94.6 Å². The highest BCUT2D eigenvalue weighted by Crippen LogP contribution is 2.47. The summed E-state index contributed by atoms with van der Waals surface area (Å²) < 4.78 is 30.4. The Hall–Kier alpha value is -3.50. The summed E-state index contributed by atoms with van der Waals surface area (Å²) in [7, 11) is 1.46. The third kappa shape index (κ3) is 4.02. The molecule has 4 rings (SSSR count). The molecule has 1 aliphatic heterocycles. The number of nitrogens with two attached hydrogens (primary N) is 1. The van der Waals surface area contributed by atoms with Crippen LogP contribution < -0.4 is 15.2 Å². The summed E-state index contributed by atoms with van der Waals surface area (Å²) >= 11 is 6.53. The standard InChI is InChI=1S/C24H20ClFN2O4/c1-30-20-10-14(9-17(25)23(20)31-12-13-4-2-5-15(26)8-13)21-16(11-27)24(28)32-19-7-3-6-18(29)22(19)21/h2,4-5,8-10,21H,3,6-7,12,28H2,1H3/t21-/m0/s1. The van der Waals surface area contributed by atoms with Gasteiger partial charge in [-0.3, -0.25) is 4.79 Å². The molecule has 2 aromatic carbocycles. The summed E-state index contributed by atoms with van der Waals surface area (Å²) in [5.41, 5.74) is 7.76. The van der Waals surface area contributed by atoms with Crippen molar-refractivity contribution in [3.63, 3.8) is 0 Å². The summed E-state index contributed by atoms with van der Waals surface area (Å²) in [5, 5.41) is 9.96. The molecule has 0 saturated heterocycles. The molecule has 2 aliphatic rings. The van der Waals surface area contributed by atoms with Gasteiger partial charge in [0.05, 0.1) is 18.1 Å². The number of nitriles is 1. The highest BCUT2D eigenvalue weighted by Gasteiger charge is 2.38. The van der Waals surface area contributed by atoms with Crippen LogP contribution in [0.4, 0.5) is 4.39 Å². The number of benzene rings is 2. The molecule has 1 heterocycles. The molecule has 6 nitrogen and oxygen atoms in total. The minimum Gasteiger partial charge on any atom is -0.493 e. The van der Waals surface area contributed by atoms with Crippen molar-refractivity contribution in [1.29, 1.82) is 5.26 Å². The van der Waals surface area contributed by atoms with Crippen molar-refractivity contribution in [1.82, 2.24) is 0 Å². The molecule has 2 aromatic rings. The molecule has 0 aromatic heterocycles. The lowest BCUT2D eigenvalue weighted by molar-refractivity contribution is -0.116. The number of carbonyl (C=O) groups excluding carboxylic acids is 1. The normalized spacial score (nSPS) is 18.1. The van der Waals surface area contributed by atoms with Crippen molar-refractivity contribution in [3.05, 3.63) is 81.2 Å². The predicted molar refractivity (Wildman–Crippen MR) is 115 cm³/mol. The molecule has 1 atom stereocenters. The number of carbonyl (C=O) groups is 1. The van der Waals surface area contributed by atoms with Gasteiger partial charge in [0.2, 0.25) is 5.88 Å². The van der Waals surface area contributed by atoms with E-state index in [0.29, 0.717) is 47.5 Å². The van der Waals surface area contributed by atoms with E-state index in [0.717, 1.165) is 0 Å². The van der Waals surface area contributed by atoms with E-state index >= 15 is 0 Å². The summed E-state index contributed by atoms with van der Waals surface area (Å²) in [4.78, 5) is 12.7. The van der Waals surface area contributed by atoms with Crippen LogP contribution >= 0.6 is 11.6 Å². The van der Waals surface area contributed by atoms with Crippen molar-refractivity contribution in [2.75, 3.05) is 7.11 Å². The number of hydrogen-bond donors (Lipinski definition) is 1. The summed E-state index contributed by atoms with van der Waals surface area (Å²) in [5.74, 6) is -0.103. The fraction of sp³-hybridized carbons (Fsp3) is 0.250. The summed E-state index contributed by atoms with van der Waals surface area (Å²) in [6.07, 6.45) is 1.60. The Morgan fingerprint density at radius 1 is 1.31 bits per heavy atom. The van der Waals surface area contributed by atoms with Crippen molar-refractivity contribution in [2.45, 2.75) is 31.8 Å². The Kier molecular flexibility index (Phi) is 6.06. The molecule has 0 amide bonds. The molecule has 0 spiro atoms. The van der Waals surface area contributed by atoms with Gasteiger partial charge in [-0.15, -0.1) is 0 Å². The Bertz CT molecular complexity index is 1200. The van der Waals surface area contributed by atoms with Gasteiger partial charge in [0, 0.05) is 18.4 Å². The highest BCUT2D eigenvalue weighted by molar-refractivity contribution is 6.32. The molecule has 0 bridgehead atoms. The van der Waals surface area contributed by atoms with Gasteiger partial charge in [0.25, 0.3) is 0 Å². The zero-order chi connectivity index (χ0) is 22.8. The second-order valence-electron chi connectivity index (χ2n) is 7.49. The fourth-order valence-corrected chi connectivity index (χ4v) is 4.29. The maximum atomic E-state index is 13.5. The Morgan fingerprint density at radius 3 is 2.84 bits per heavy atom. The first-order chi connectivity index (χ1) is 15.4. The SMILES string of the molecule is COc1cc([C@H]2C(C#N)=C(N)OC3=C2C(=O)CCC3)cc(Cl)c1OCc1cccc(F)c1. The van der Waals surface area contributed by atoms with Crippen molar-refractivity contribution in [3.8, 4) is 17.6 Å². The maximum absolute atomic E-state index is 13.5. The van der Waals surface area contributed by atoms with Gasteiger partial charge in [0.1, 0.15) is 29.8 Å². The molecule has 32 heavy (non-hydrogen) atoms. The zero-order valence-corrected chi connectivity index (χ0v) is 18.0. The number of nitrogens with zero attached hydrogens (tertiary/aromatic N) is 1. The van der Waals surface area contributed by atoms with Gasteiger partial charge in [-0.25, -0.2) is 4.39 Å². The minimum absolute atomic E-state index is 0.0209. The molecule has 164 valence electrons. The third-order valence-corrected chi connectivity index (χ3v) is 5.74. The second kappa shape index (κ2) is 8.93. The van der Waals surface area contributed by atoms with Crippen LogP contribution in [0.2, 0.25) is 5.02 Å². The number of allylic oxidation sites excluding steroid dienone is 3. The quantitative estimate of drug-likeness (QED) is 0.691. The molecular weight excluding hydrogens is 435 g/mol. The number of hydrogen-bond acceptors (Lipinski definition) is 6. The molecule has 0 fully saturated rings. The van der Waals surface area contributed by atoms with Crippen LogP contribution in [0, 0.1) is 17.1 Å². The van der Waals surface area contributed by atoms with Crippen LogP contribution in [0.15, 0.2) is 59.2 Å². The van der Waals surface area contributed by atoms with E-state index in [1.165, 1.54) is 19.2 Å². The first-order valence-electron chi connectivity index (χ1n) is 10.0. The molecule has 8 heteroatoms. The number of ether oxygens (including phenoxy) is 3. The van der Waals surface area contributed by atoms with Gasteiger partial charge in [-0.2, -0.15) is 5.26 Å². The largest absolute Gasteiger partial charge is 0.493 e. The van der Waals surface area contributed by atoms with Gasteiger partial charge in [-0.1, -0.05) is 23.7 Å². The minimum atomic E-state index is -0.708. The summed E-state index contributed by atoms with van der Waals surface area (Å²) in [6, 6.07) is 11.4. The smallest absolute Gasteiger partial charge is 0.205 e. The number of ketones is 1. The first kappa shape index (κ1) is 21.7. The van der Waals surface area contributed by atoms with Gasteiger partial charge < -0.3 is 19.9 Å². The third-order valence-electron chi connectivity index (χ3n) is 5.46. The molecule has 0 saturated carbocycles. The first-order valence-corrected chi connectivity index (χ1v) is 10.4. The average Bonchev–Trinajstić information content (AvgIpc) is 2.77. The van der Waals surface area contributed by atoms with Gasteiger partial charge >= 0.3 is 0 Å². The van der Waals surface area contributed by atoms with Crippen molar-refractivity contribution >= 4 is 17.4 Å². The van der Waals surface area contributed by atoms with E-state index in [9.17, 15) is 14.4 Å². The molecule has 1 aliphatic carbocycles. The monoisotopic (exact) mass is 454 g/mol. The summed E-state index contributed by atoms with van der Waals surface area (Å²) in [6.45, 7) is 0.0779. The van der Waals surface area contributed by atoms with Crippen molar-refractivity contribution < 1.29 is 23.4 Å². The van der Waals surface area contributed by atoms with E-state index in [-0.39, 0.29) is 40.4 Å². The number of Topliss-reactive ketones (excluding diaryl/α,β-unsaturated/α-hetero) is 1. The molecule has 0 radical (unpaired) electrons. The lowest BCUT2D eigenvalue weighted by atomic mass is 9.77. The van der Waals surface area contributed by atoms with E-state index in [1.54, 1.807) is 24.3 Å². The van der Waals surface area contributed by atoms with E-state index in [4.69, 9.17) is 31.5 Å². The van der Waals surface area contributed by atoms with Gasteiger partial charge in [-0.05, 0) is 41.8 Å². The fourth-order valence-electron chi connectivity index (χ4n) is 4.02. The average molecular weight is 455 g/mol. The van der Waals surface area contributed by atoms with E-state index < -0.39 is 5.92 Å². The van der Waals surface area contributed by atoms with Gasteiger partial charge in [0.15, 0.2) is 17.3 Å². The van der Waals surface area contributed by atoms with Crippen LogP contribution in [0.1, 0.15) is 36.3 Å².